The first-order valence-corrected chi connectivity index (χ1v) is 17.0. The van der Waals surface area contributed by atoms with E-state index in [4.69, 9.17) is 9.47 Å². The van der Waals surface area contributed by atoms with Gasteiger partial charge in [0.25, 0.3) is 0 Å². The Labute approximate surface area is 257 Å². The predicted octanol–water partition coefficient (Wildman–Crippen LogP) is 10.2. The molecule has 2 aliphatic carbocycles. The minimum absolute atomic E-state index is 0.103. The van der Waals surface area contributed by atoms with Crippen LogP contribution >= 0.6 is 0 Å². The summed E-state index contributed by atoms with van der Waals surface area (Å²) in [4.78, 5) is 0. The topological polar surface area (TPSA) is 38.7 Å². The number of methoxy groups -OCH3 is 1. The van der Waals surface area contributed by atoms with E-state index in [1.807, 2.05) is 0 Å². The third-order valence-electron chi connectivity index (χ3n) is 10.5. The van der Waals surface area contributed by atoms with Crippen molar-refractivity contribution in [1.29, 1.82) is 0 Å². The van der Waals surface area contributed by atoms with Crippen LogP contribution in [0, 0.1) is 24.2 Å². The summed E-state index contributed by atoms with van der Waals surface area (Å²) in [7, 11) is 1.74. The summed E-state index contributed by atoms with van der Waals surface area (Å²) in [6, 6.07) is 13.7. The first-order chi connectivity index (χ1) is 20.3. The van der Waals surface area contributed by atoms with Crippen LogP contribution in [0.3, 0.4) is 0 Å². The molecule has 0 amide bonds. The Morgan fingerprint density at radius 3 is 2.31 bits per heavy atom. The fraction of sp³-hybridized carbons (Fsp3) is 0.641. The molecule has 0 aliphatic heterocycles. The van der Waals surface area contributed by atoms with E-state index >= 15 is 0 Å². The average molecular weight is 575 g/mol. The second-order valence-electron chi connectivity index (χ2n) is 13.5. The molecule has 0 bridgehead atoms. The van der Waals surface area contributed by atoms with Gasteiger partial charge < -0.3 is 14.6 Å². The zero-order valence-corrected chi connectivity index (χ0v) is 27.5. The molecule has 232 valence electrons. The Hall–Kier alpha value is -2.10. The van der Waals surface area contributed by atoms with Crippen LogP contribution < -0.4 is 4.74 Å². The number of ether oxygens (including phenoxy) is 2. The lowest BCUT2D eigenvalue weighted by Gasteiger charge is -2.42. The summed E-state index contributed by atoms with van der Waals surface area (Å²) in [5.41, 5.74) is 8.53. The fourth-order valence-corrected chi connectivity index (χ4v) is 7.50. The molecule has 0 saturated heterocycles. The van der Waals surface area contributed by atoms with Crippen LogP contribution in [0.25, 0.3) is 11.1 Å². The molecule has 0 radical (unpaired) electrons. The average Bonchev–Trinajstić information content (AvgIpc) is 3.85. The molecule has 2 saturated carbocycles. The van der Waals surface area contributed by atoms with Gasteiger partial charge in [0, 0.05) is 12.7 Å². The number of hydrogen-bond donors (Lipinski definition) is 1. The van der Waals surface area contributed by atoms with Crippen LogP contribution in [-0.4, -0.2) is 31.5 Å². The molecule has 42 heavy (non-hydrogen) atoms. The standard InChI is InChI=1S/C39H58O3/c1-7-30(34(8-2)32-20-22-39(5,23-21-32)37(40)9-3)13-11-10-12-29-26-35(31-18-19-31)38(33-16-14-28(4)15-17-33)36(27-29)42-25-24-41-6/h8,14-17,26-27,30-32,37,40H,7,9-13,18-25H2,1-6H3. The Bertz CT molecular complexity index is 1130. The highest BCUT2D eigenvalue weighted by Crippen LogP contribution is 2.49. The number of aliphatic hydroxyl groups excluding tert-OH is 1. The van der Waals surface area contributed by atoms with Crippen molar-refractivity contribution in [2.45, 2.75) is 124 Å². The molecular formula is C39H58O3. The minimum Gasteiger partial charge on any atom is -0.491 e. The largest absolute Gasteiger partial charge is 0.491 e. The molecule has 2 aliphatic rings. The summed E-state index contributed by atoms with van der Waals surface area (Å²) >= 11 is 0. The highest BCUT2D eigenvalue weighted by Gasteiger charge is 2.37. The first-order valence-electron chi connectivity index (χ1n) is 17.0. The lowest BCUT2D eigenvalue weighted by Crippen LogP contribution is -2.36. The smallest absolute Gasteiger partial charge is 0.127 e. The summed E-state index contributed by atoms with van der Waals surface area (Å²) in [5.74, 6) is 3.05. The highest BCUT2D eigenvalue weighted by molar-refractivity contribution is 5.76. The van der Waals surface area contributed by atoms with Gasteiger partial charge in [-0.2, -0.15) is 0 Å². The number of allylic oxidation sites excluding steroid dienone is 2. The van der Waals surface area contributed by atoms with Crippen LogP contribution in [0.2, 0.25) is 0 Å². The van der Waals surface area contributed by atoms with Gasteiger partial charge in [-0.3, -0.25) is 0 Å². The van der Waals surface area contributed by atoms with Crippen molar-refractivity contribution in [1.82, 2.24) is 0 Å². The van der Waals surface area contributed by atoms with Crippen molar-refractivity contribution in [3.05, 3.63) is 64.7 Å². The molecule has 2 aromatic rings. The lowest BCUT2D eigenvalue weighted by molar-refractivity contribution is -0.000547. The molecule has 2 aromatic carbocycles. The van der Waals surface area contributed by atoms with Crippen molar-refractivity contribution in [2.75, 3.05) is 20.3 Å². The molecular weight excluding hydrogens is 516 g/mol. The summed E-state index contributed by atoms with van der Waals surface area (Å²) in [6.45, 7) is 12.4. The Morgan fingerprint density at radius 2 is 1.71 bits per heavy atom. The van der Waals surface area contributed by atoms with E-state index in [-0.39, 0.29) is 11.5 Å². The first kappa shape index (κ1) is 32.8. The quantitative estimate of drug-likeness (QED) is 0.160. The Balaban J connectivity index is 1.41. The van der Waals surface area contributed by atoms with E-state index in [9.17, 15) is 5.11 Å². The van der Waals surface area contributed by atoms with Crippen LogP contribution in [0.15, 0.2) is 48.0 Å². The summed E-state index contributed by atoms with van der Waals surface area (Å²) in [5, 5.41) is 10.6. The molecule has 0 heterocycles. The van der Waals surface area contributed by atoms with Gasteiger partial charge in [0.15, 0.2) is 0 Å². The van der Waals surface area contributed by atoms with Crippen LogP contribution in [-0.2, 0) is 11.2 Å². The molecule has 3 heteroatoms. The SMILES string of the molecule is CC=C(C(CC)CCCCc1cc(OCCOC)c(-c2ccc(C)cc2)c(C2CC2)c1)C1CCC(C)(C(O)CC)CC1. The van der Waals surface area contributed by atoms with Crippen molar-refractivity contribution in [2.24, 2.45) is 17.3 Å². The molecule has 3 nitrogen and oxygen atoms in total. The molecule has 4 rings (SSSR count). The van der Waals surface area contributed by atoms with Gasteiger partial charge in [0.05, 0.1) is 12.7 Å². The van der Waals surface area contributed by atoms with E-state index in [0.29, 0.717) is 31.0 Å². The Kier molecular flexibility index (Phi) is 12.2. The maximum atomic E-state index is 10.6. The van der Waals surface area contributed by atoms with Crippen molar-refractivity contribution in [3.8, 4) is 16.9 Å². The summed E-state index contributed by atoms with van der Waals surface area (Å²) in [6.07, 6.45) is 16.5. The van der Waals surface area contributed by atoms with E-state index in [1.165, 1.54) is 79.2 Å². The van der Waals surface area contributed by atoms with E-state index in [2.05, 4.69) is 77.1 Å². The summed E-state index contributed by atoms with van der Waals surface area (Å²) < 4.78 is 11.7. The third-order valence-corrected chi connectivity index (χ3v) is 10.5. The van der Waals surface area contributed by atoms with Gasteiger partial charge >= 0.3 is 0 Å². The number of aliphatic hydroxyl groups is 1. The van der Waals surface area contributed by atoms with Gasteiger partial charge in [-0.05, 0) is 130 Å². The maximum Gasteiger partial charge on any atom is 0.127 e. The van der Waals surface area contributed by atoms with E-state index in [1.54, 1.807) is 12.7 Å². The van der Waals surface area contributed by atoms with Gasteiger partial charge in [-0.25, -0.2) is 0 Å². The van der Waals surface area contributed by atoms with Gasteiger partial charge in [-0.15, -0.1) is 0 Å². The van der Waals surface area contributed by atoms with Crippen molar-refractivity contribution in [3.63, 3.8) is 0 Å². The van der Waals surface area contributed by atoms with Crippen LogP contribution in [0.1, 0.15) is 121 Å². The normalized spacial score (nSPS) is 22.6. The zero-order valence-electron chi connectivity index (χ0n) is 27.5. The molecule has 2 atom stereocenters. The second kappa shape index (κ2) is 15.6. The van der Waals surface area contributed by atoms with Crippen molar-refractivity contribution >= 4 is 0 Å². The van der Waals surface area contributed by atoms with Crippen LogP contribution in [0.4, 0.5) is 0 Å². The monoisotopic (exact) mass is 574 g/mol. The third kappa shape index (κ3) is 8.29. The van der Waals surface area contributed by atoms with Crippen LogP contribution in [0.5, 0.6) is 5.75 Å². The van der Waals surface area contributed by atoms with Gasteiger partial charge in [0.1, 0.15) is 12.4 Å². The molecule has 0 aromatic heterocycles. The number of unbranched alkanes of at least 4 members (excludes halogenated alkanes) is 1. The van der Waals surface area contributed by atoms with Gasteiger partial charge in [-0.1, -0.05) is 74.7 Å². The molecule has 2 unspecified atom stereocenters. The zero-order chi connectivity index (χ0) is 30.1. The van der Waals surface area contributed by atoms with Gasteiger partial charge in [0.2, 0.25) is 0 Å². The predicted molar refractivity (Wildman–Crippen MR) is 177 cm³/mol. The van der Waals surface area contributed by atoms with E-state index in [0.717, 1.165) is 31.4 Å². The van der Waals surface area contributed by atoms with Crippen molar-refractivity contribution < 1.29 is 14.6 Å². The minimum atomic E-state index is -0.160. The number of rotatable bonds is 16. The highest BCUT2D eigenvalue weighted by atomic mass is 16.5. The number of benzene rings is 2. The molecule has 0 spiro atoms. The van der Waals surface area contributed by atoms with E-state index < -0.39 is 0 Å². The molecule has 2 fully saturated rings. The fourth-order valence-electron chi connectivity index (χ4n) is 7.50. The Morgan fingerprint density at radius 1 is 1.00 bits per heavy atom. The second-order valence-corrected chi connectivity index (χ2v) is 13.5. The lowest BCUT2D eigenvalue weighted by atomic mass is 9.65. The molecule has 1 N–H and O–H groups in total. The maximum absolute atomic E-state index is 10.6. The number of hydrogen-bond acceptors (Lipinski definition) is 3. The number of aryl methyl sites for hydroxylation is 2.